The summed E-state index contributed by atoms with van der Waals surface area (Å²) in [7, 11) is 0. The van der Waals surface area contributed by atoms with E-state index in [1.54, 1.807) is 0 Å². The number of aromatic nitrogens is 3. The van der Waals surface area contributed by atoms with Gasteiger partial charge in [0, 0.05) is 43.4 Å². The summed E-state index contributed by atoms with van der Waals surface area (Å²) in [6.07, 6.45) is 9.62. The number of hydrogen-bond donors (Lipinski definition) is 1. The van der Waals surface area contributed by atoms with E-state index in [1.807, 2.05) is 12.4 Å². The maximum Gasteiger partial charge on any atom is 0.274 e. The Kier molecular flexibility index (Phi) is 3.02. The Morgan fingerprint density at radius 1 is 1.33 bits per heavy atom. The highest BCUT2D eigenvalue weighted by atomic mass is 16.5. The summed E-state index contributed by atoms with van der Waals surface area (Å²) in [6.45, 7) is 0.779. The molecule has 6 heteroatoms. The summed E-state index contributed by atoms with van der Waals surface area (Å²) in [4.78, 5) is 16.7. The summed E-state index contributed by atoms with van der Waals surface area (Å²) in [5.74, 6) is 1.89. The highest BCUT2D eigenvalue weighted by Gasteiger charge is 2.27. The van der Waals surface area contributed by atoms with Gasteiger partial charge in [-0.3, -0.25) is 4.79 Å². The van der Waals surface area contributed by atoms with Crippen LogP contribution in [-0.2, 0) is 25.8 Å². The number of nitrogens with one attached hydrogen (secondary N) is 1. The van der Waals surface area contributed by atoms with E-state index in [0.717, 1.165) is 62.2 Å². The standard InChI is InChI=1S/C15H18N4O2/c20-15(14-11-3-1-2-4-12(11)21-18-14)17-10-5-6-13-16-7-8-19(13)9-10/h7-8,10H,1-6,9H2,(H,17,20)/t10-/m0/s1. The van der Waals surface area contributed by atoms with E-state index >= 15 is 0 Å². The minimum absolute atomic E-state index is 0.101. The molecule has 4 rings (SSSR count). The fraction of sp³-hybridized carbons (Fsp3) is 0.533. The Labute approximate surface area is 122 Å². The van der Waals surface area contributed by atoms with Crippen molar-refractivity contribution in [2.75, 3.05) is 0 Å². The van der Waals surface area contributed by atoms with E-state index in [-0.39, 0.29) is 11.9 Å². The zero-order valence-electron chi connectivity index (χ0n) is 11.8. The van der Waals surface area contributed by atoms with Gasteiger partial charge < -0.3 is 14.4 Å². The van der Waals surface area contributed by atoms with Crippen molar-refractivity contribution >= 4 is 5.91 Å². The van der Waals surface area contributed by atoms with Crippen LogP contribution in [0.25, 0.3) is 0 Å². The normalized spacial score (nSPS) is 20.7. The van der Waals surface area contributed by atoms with Crippen molar-refractivity contribution in [1.82, 2.24) is 20.0 Å². The fourth-order valence-electron chi connectivity index (χ4n) is 3.30. The third-order valence-corrected chi connectivity index (χ3v) is 4.44. The summed E-state index contributed by atoms with van der Waals surface area (Å²) in [6, 6.07) is 0.134. The van der Waals surface area contributed by atoms with Crippen molar-refractivity contribution in [3.8, 4) is 0 Å². The molecule has 0 saturated heterocycles. The Bertz CT molecular complexity index is 673. The summed E-state index contributed by atoms with van der Waals surface area (Å²) >= 11 is 0. The highest BCUT2D eigenvalue weighted by Crippen LogP contribution is 2.24. The molecule has 1 aliphatic carbocycles. The van der Waals surface area contributed by atoms with Gasteiger partial charge in [-0.1, -0.05) is 5.16 Å². The number of hydrogen-bond acceptors (Lipinski definition) is 4. The van der Waals surface area contributed by atoms with Gasteiger partial charge in [-0.25, -0.2) is 4.98 Å². The van der Waals surface area contributed by atoms with Gasteiger partial charge >= 0.3 is 0 Å². The predicted molar refractivity (Wildman–Crippen MR) is 74.9 cm³/mol. The zero-order valence-corrected chi connectivity index (χ0v) is 11.8. The first-order valence-corrected chi connectivity index (χ1v) is 7.59. The average molecular weight is 286 g/mol. The molecule has 6 nitrogen and oxygen atoms in total. The molecule has 0 aromatic carbocycles. The predicted octanol–water partition coefficient (Wildman–Crippen LogP) is 1.49. The molecule has 0 unspecified atom stereocenters. The van der Waals surface area contributed by atoms with Crippen molar-refractivity contribution in [3.05, 3.63) is 35.2 Å². The lowest BCUT2D eigenvalue weighted by Gasteiger charge is -2.24. The van der Waals surface area contributed by atoms with Crippen LogP contribution in [0.4, 0.5) is 0 Å². The van der Waals surface area contributed by atoms with E-state index in [0.29, 0.717) is 5.69 Å². The van der Waals surface area contributed by atoms with Gasteiger partial charge in [0.2, 0.25) is 0 Å². The van der Waals surface area contributed by atoms with Crippen LogP contribution in [0.2, 0.25) is 0 Å². The van der Waals surface area contributed by atoms with Gasteiger partial charge in [0.25, 0.3) is 5.91 Å². The molecule has 1 aliphatic heterocycles. The number of rotatable bonds is 2. The average Bonchev–Trinajstić information content (AvgIpc) is 3.13. The molecule has 0 bridgehead atoms. The SMILES string of the molecule is O=C(N[C@H]1CCc2nccn2C1)c1noc2c1CCCC2. The lowest BCUT2D eigenvalue weighted by Crippen LogP contribution is -2.41. The molecule has 1 N–H and O–H groups in total. The van der Waals surface area contributed by atoms with Crippen LogP contribution >= 0.6 is 0 Å². The number of carbonyl (C=O) groups excluding carboxylic acids is 1. The zero-order chi connectivity index (χ0) is 14.2. The van der Waals surface area contributed by atoms with Crippen LogP contribution in [0.15, 0.2) is 16.9 Å². The van der Waals surface area contributed by atoms with Gasteiger partial charge in [-0.15, -0.1) is 0 Å². The van der Waals surface area contributed by atoms with Gasteiger partial charge in [0.15, 0.2) is 5.69 Å². The molecule has 1 atom stereocenters. The minimum Gasteiger partial charge on any atom is -0.360 e. The number of amides is 1. The molecule has 1 amide bonds. The third-order valence-electron chi connectivity index (χ3n) is 4.44. The minimum atomic E-state index is -0.101. The van der Waals surface area contributed by atoms with Gasteiger partial charge in [0.1, 0.15) is 11.6 Å². The van der Waals surface area contributed by atoms with Crippen molar-refractivity contribution in [2.24, 2.45) is 0 Å². The molecule has 2 aromatic heterocycles. The monoisotopic (exact) mass is 286 g/mol. The third kappa shape index (κ3) is 2.24. The van der Waals surface area contributed by atoms with Crippen molar-refractivity contribution in [2.45, 2.75) is 51.1 Å². The van der Waals surface area contributed by atoms with E-state index in [9.17, 15) is 4.79 Å². The molecular weight excluding hydrogens is 268 g/mol. The number of fused-ring (bicyclic) bond motifs is 2. The first-order valence-electron chi connectivity index (χ1n) is 7.59. The van der Waals surface area contributed by atoms with Crippen LogP contribution in [0.5, 0.6) is 0 Å². The quantitative estimate of drug-likeness (QED) is 0.908. The summed E-state index contributed by atoms with van der Waals surface area (Å²) in [5, 5.41) is 7.08. The number of nitrogens with zero attached hydrogens (tertiary/aromatic N) is 3. The Balaban J connectivity index is 1.48. The highest BCUT2D eigenvalue weighted by molar-refractivity contribution is 5.94. The van der Waals surface area contributed by atoms with Gasteiger partial charge in [-0.2, -0.15) is 0 Å². The van der Waals surface area contributed by atoms with E-state index in [4.69, 9.17) is 4.52 Å². The molecular formula is C15H18N4O2. The largest absolute Gasteiger partial charge is 0.360 e. The maximum absolute atomic E-state index is 12.4. The van der Waals surface area contributed by atoms with Gasteiger partial charge in [0.05, 0.1) is 0 Å². The lowest BCUT2D eigenvalue weighted by atomic mass is 9.96. The number of carbonyl (C=O) groups is 1. The van der Waals surface area contributed by atoms with Crippen LogP contribution in [0, 0.1) is 0 Å². The van der Waals surface area contributed by atoms with Crippen LogP contribution < -0.4 is 5.32 Å². The van der Waals surface area contributed by atoms with Crippen LogP contribution in [0.3, 0.4) is 0 Å². The van der Waals surface area contributed by atoms with Crippen molar-refractivity contribution < 1.29 is 9.32 Å². The molecule has 2 aliphatic rings. The summed E-state index contributed by atoms with van der Waals surface area (Å²) in [5.41, 5.74) is 1.50. The second-order valence-electron chi connectivity index (χ2n) is 5.84. The van der Waals surface area contributed by atoms with Crippen molar-refractivity contribution in [3.63, 3.8) is 0 Å². The van der Waals surface area contributed by atoms with E-state index in [2.05, 4.69) is 20.0 Å². The van der Waals surface area contributed by atoms with Gasteiger partial charge in [-0.05, 0) is 25.7 Å². The Hall–Kier alpha value is -2.11. The number of imidazole rings is 1. The Morgan fingerprint density at radius 2 is 2.24 bits per heavy atom. The number of aryl methyl sites for hydroxylation is 2. The topological polar surface area (TPSA) is 73.0 Å². The molecule has 0 radical (unpaired) electrons. The lowest BCUT2D eigenvalue weighted by molar-refractivity contribution is 0.0917. The van der Waals surface area contributed by atoms with Crippen molar-refractivity contribution in [1.29, 1.82) is 0 Å². The molecule has 2 aromatic rings. The molecule has 3 heterocycles. The van der Waals surface area contributed by atoms with E-state index < -0.39 is 0 Å². The molecule has 0 saturated carbocycles. The smallest absolute Gasteiger partial charge is 0.274 e. The van der Waals surface area contributed by atoms with Crippen LogP contribution in [0.1, 0.15) is 46.9 Å². The molecule has 21 heavy (non-hydrogen) atoms. The molecule has 0 fully saturated rings. The molecule has 0 spiro atoms. The fourth-order valence-corrected chi connectivity index (χ4v) is 3.30. The summed E-state index contributed by atoms with van der Waals surface area (Å²) < 4.78 is 7.42. The van der Waals surface area contributed by atoms with Crippen LogP contribution in [-0.4, -0.2) is 26.7 Å². The first kappa shape index (κ1) is 12.6. The molecule has 110 valence electrons. The maximum atomic E-state index is 12.4. The second kappa shape index (κ2) is 5.02. The van der Waals surface area contributed by atoms with E-state index in [1.165, 1.54) is 0 Å². The Morgan fingerprint density at radius 3 is 3.19 bits per heavy atom. The first-order chi connectivity index (χ1) is 10.3. The second-order valence-corrected chi connectivity index (χ2v) is 5.84.